The van der Waals surface area contributed by atoms with Crippen molar-refractivity contribution in [1.29, 1.82) is 0 Å². The minimum atomic E-state index is -0.136. The van der Waals surface area contributed by atoms with Crippen molar-refractivity contribution in [3.8, 4) is 0 Å². The predicted octanol–water partition coefficient (Wildman–Crippen LogP) is 0.690. The van der Waals surface area contributed by atoms with E-state index in [-0.39, 0.29) is 17.3 Å². The molecule has 7 heteroatoms. The number of imidazole rings is 1. The van der Waals surface area contributed by atoms with Gasteiger partial charge in [-0.1, -0.05) is 11.3 Å². The summed E-state index contributed by atoms with van der Waals surface area (Å²) in [5, 5.41) is 4.56. The fraction of sp³-hybridized carbons (Fsp3) is 0.417. The SMILES string of the molecule is Cc1csc(=O)n1CC(=O)NCCCc1ncc[nH]1. The highest BCUT2D eigenvalue weighted by Gasteiger charge is 2.07. The van der Waals surface area contributed by atoms with E-state index in [1.807, 2.05) is 6.92 Å². The number of aromatic nitrogens is 3. The lowest BCUT2D eigenvalue weighted by molar-refractivity contribution is -0.121. The highest BCUT2D eigenvalue weighted by atomic mass is 32.1. The average Bonchev–Trinajstić information content (AvgIpc) is 3.00. The molecule has 0 aliphatic carbocycles. The first kappa shape index (κ1) is 13.5. The van der Waals surface area contributed by atoms with Gasteiger partial charge in [0.1, 0.15) is 12.4 Å². The van der Waals surface area contributed by atoms with Gasteiger partial charge < -0.3 is 10.3 Å². The molecule has 0 aliphatic rings. The second-order valence-electron chi connectivity index (χ2n) is 4.22. The van der Waals surface area contributed by atoms with E-state index >= 15 is 0 Å². The topological polar surface area (TPSA) is 79.8 Å². The number of hydrogen-bond donors (Lipinski definition) is 2. The van der Waals surface area contributed by atoms with Crippen LogP contribution in [0.2, 0.25) is 0 Å². The minimum absolute atomic E-state index is 0.0922. The summed E-state index contributed by atoms with van der Waals surface area (Å²) in [6.07, 6.45) is 5.10. The second-order valence-corrected chi connectivity index (χ2v) is 5.04. The van der Waals surface area contributed by atoms with Crippen molar-refractivity contribution in [3.63, 3.8) is 0 Å². The van der Waals surface area contributed by atoms with Gasteiger partial charge in [-0.05, 0) is 13.3 Å². The van der Waals surface area contributed by atoms with E-state index in [4.69, 9.17) is 0 Å². The summed E-state index contributed by atoms with van der Waals surface area (Å²) in [5.41, 5.74) is 0.820. The number of thiazole rings is 1. The third kappa shape index (κ3) is 3.78. The number of amides is 1. The number of rotatable bonds is 6. The highest BCUT2D eigenvalue weighted by molar-refractivity contribution is 7.07. The van der Waals surface area contributed by atoms with E-state index in [2.05, 4.69) is 15.3 Å². The van der Waals surface area contributed by atoms with Gasteiger partial charge in [0, 0.05) is 36.4 Å². The molecule has 0 aromatic carbocycles. The predicted molar refractivity (Wildman–Crippen MR) is 73.2 cm³/mol. The molecule has 0 saturated carbocycles. The molecule has 0 bridgehead atoms. The molecule has 0 spiro atoms. The molecule has 6 nitrogen and oxygen atoms in total. The first-order valence-corrected chi connectivity index (χ1v) is 6.94. The Kier molecular flexibility index (Phi) is 4.51. The maximum absolute atomic E-state index is 11.7. The van der Waals surface area contributed by atoms with E-state index < -0.39 is 0 Å². The van der Waals surface area contributed by atoms with Crippen LogP contribution in [0.15, 0.2) is 22.6 Å². The van der Waals surface area contributed by atoms with Crippen LogP contribution < -0.4 is 10.2 Å². The van der Waals surface area contributed by atoms with Gasteiger partial charge in [-0.25, -0.2) is 4.98 Å². The van der Waals surface area contributed by atoms with Crippen molar-refractivity contribution in [2.24, 2.45) is 0 Å². The molecule has 0 unspecified atom stereocenters. The van der Waals surface area contributed by atoms with Crippen molar-refractivity contribution in [2.45, 2.75) is 26.3 Å². The Labute approximate surface area is 114 Å². The van der Waals surface area contributed by atoms with Crippen molar-refractivity contribution >= 4 is 17.2 Å². The lowest BCUT2D eigenvalue weighted by Crippen LogP contribution is -2.31. The molecule has 2 rings (SSSR count). The molecule has 19 heavy (non-hydrogen) atoms. The van der Waals surface area contributed by atoms with E-state index in [9.17, 15) is 9.59 Å². The molecule has 0 atom stereocenters. The summed E-state index contributed by atoms with van der Waals surface area (Å²) in [6.45, 7) is 2.49. The van der Waals surface area contributed by atoms with Gasteiger partial charge in [0.05, 0.1) is 0 Å². The molecule has 0 aliphatic heterocycles. The van der Waals surface area contributed by atoms with Crippen LogP contribution in [0.25, 0.3) is 0 Å². The second kappa shape index (κ2) is 6.33. The average molecular weight is 280 g/mol. The van der Waals surface area contributed by atoms with Crippen molar-refractivity contribution in [2.75, 3.05) is 6.54 Å². The number of aromatic amines is 1. The summed E-state index contributed by atoms with van der Waals surface area (Å²) in [6, 6.07) is 0. The molecular weight excluding hydrogens is 264 g/mol. The molecule has 2 aromatic rings. The summed E-state index contributed by atoms with van der Waals surface area (Å²) in [7, 11) is 0. The number of hydrogen-bond acceptors (Lipinski definition) is 4. The Bertz CT molecular complexity index is 585. The summed E-state index contributed by atoms with van der Waals surface area (Å²) < 4.78 is 1.48. The third-order valence-corrected chi connectivity index (χ3v) is 3.63. The van der Waals surface area contributed by atoms with Crippen LogP contribution in [0.5, 0.6) is 0 Å². The van der Waals surface area contributed by atoms with Gasteiger partial charge in [-0.2, -0.15) is 0 Å². The zero-order chi connectivity index (χ0) is 13.7. The van der Waals surface area contributed by atoms with Gasteiger partial charge >= 0.3 is 4.87 Å². The maximum Gasteiger partial charge on any atom is 0.307 e. The Morgan fingerprint density at radius 2 is 2.42 bits per heavy atom. The van der Waals surface area contributed by atoms with Crippen LogP contribution in [0.1, 0.15) is 17.9 Å². The standard InChI is InChI=1S/C12H16N4O2S/c1-9-8-19-12(18)16(9)7-11(17)15-4-2-3-10-13-5-6-14-10/h5-6,8H,2-4,7H2,1H3,(H,13,14)(H,15,17). The molecule has 102 valence electrons. The van der Waals surface area contributed by atoms with Gasteiger partial charge in [-0.3, -0.25) is 14.2 Å². The Morgan fingerprint density at radius 3 is 3.05 bits per heavy atom. The fourth-order valence-corrected chi connectivity index (χ4v) is 2.45. The maximum atomic E-state index is 11.7. The molecule has 0 fully saturated rings. The van der Waals surface area contributed by atoms with Crippen LogP contribution in [-0.2, 0) is 17.8 Å². The normalized spacial score (nSPS) is 10.6. The number of nitrogens with one attached hydrogen (secondary N) is 2. The first-order valence-electron chi connectivity index (χ1n) is 6.06. The Hall–Kier alpha value is -1.89. The monoisotopic (exact) mass is 280 g/mol. The molecule has 2 heterocycles. The third-order valence-electron chi connectivity index (χ3n) is 2.75. The largest absolute Gasteiger partial charge is 0.355 e. The highest BCUT2D eigenvalue weighted by Crippen LogP contribution is 1.99. The summed E-state index contributed by atoms with van der Waals surface area (Å²) in [4.78, 5) is 30.2. The van der Waals surface area contributed by atoms with Crippen LogP contribution in [0, 0.1) is 6.92 Å². The zero-order valence-corrected chi connectivity index (χ0v) is 11.5. The number of carbonyl (C=O) groups excluding carboxylic acids is 1. The molecular formula is C12H16N4O2S. The fourth-order valence-electron chi connectivity index (χ4n) is 1.71. The number of aryl methyl sites for hydroxylation is 2. The van der Waals surface area contributed by atoms with Gasteiger partial charge in [0.2, 0.25) is 5.91 Å². The smallest absolute Gasteiger partial charge is 0.307 e. The number of H-pyrrole nitrogens is 1. The summed E-state index contributed by atoms with van der Waals surface area (Å²) >= 11 is 1.11. The molecule has 0 saturated heterocycles. The van der Waals surface area contributed by atoms with Crippen molar-refractivity contribution < 1.29 is 4.79 Å². The molecule has 0 radical (unpaired) electrons. The van der Waals surface area contributed by atoms with Gasteiger partial charge in [-0.15, -0.1) is 0 Å². The van der Waals surface area contributed by atoms with Crippen molar-refractivity contribution in [1.82, 2.24) is 19.9 Å². The zero-order valence-electron chi connectivity index (χ0n) is 10.7. The molecule has 2 N–H and O–H groups in total. The van der Waals surface area contributed by atoms with Crippen LogP contribution >= 0.6 is 11.3 Å². The number of nitrogens with zero attached hydrogens (tertiary/aromatic N) is 2. The first-order chi connectivity index (χ1) is 9.16. The molecule has 1 amide bonds. The summed E-state index contributed by atoms with van der Waals surface area (Å²) in [5.74, 6) is 0.780. The minimum Gasteiger partial charge on any atom is -0.355 e. The van der Waals surface area contributed by atoms with Crippen molar-refractivity contribution in [3.05, 3.63) is 39.0 Å². The van der Waals surface area contributed by atoms with Crippen LogP contribution in [0.4, 0.5) is 0 Å². The van der Waals surface area contributed by atoms with E-state index in [1.165, 1.54) is 4.57 Å². The van der Waals surface area contributed by atoms with E-state index in [0.29, 0.717) is 6.54 Å². The van der Waals surface area contributed by atoms with E-state index in [0.717, 1.165) is 35.7 Å². The van der Waals surface area contributed by atoms with Gasteiger partial charge in [0.25, 0.3) is 0 Å². The van der Waals surface area contributed by atoms with Crippen LogP contribution in [-0.4, -0.2) is 27.0 Å². The quantitative estimate of drug-likeness (QED) is 0.764. The Balaban J connectivity index is 1.72. The van der Waals surface area contributed by atoms with Gasteiger partial charge in [0.15, 0.2) is 0 Å². The lowest BCUT2D eigenvalue weighted by atomic mass is 10.3. The van der Waals surface area contributed by atoms with E-state index in [1.54, 1.807) is 17.8 Å². The number of carbonyl (C=O) groups is 1. The molecule has 2 aromatic heterocycles. The van der Waals surface area contributed by atoms with Crippen LogP contribution in [0.3, 0.4) is 0 Å². The lowest BCUT2D eigenvalue weighted by Gasteiger charge is -2.06. The Morgan fingerprint density at radius 1 is 1.58 bits per heavy atom.